The predicted octanol–water partition coefficient (Wildman–Crippen LogP) is 1.05. The van der Waals surface area contributed by atoms with Crippen LogP contribution in [0.15, 0.2) is 4.90 Å². The van der Waals surface area contributed by atoms with Gasteiger partial charge >= 0.3 is 5.97 Å². The lowest BCUT2D eigenvalue weighted by molar-refractivity contribution is -0.137. The lowest BCUT2D eigenvalue weighted by atomic mass is 10.3. The Bertz CT molecular complexity index is 578. The Balaban J connectivity index is 2.94. The van der Waals surface area contributed by atoms with E-state index in [4.69, 9.17) is 5.11 Å². The van der Waals surface area contributed by atoms with Gasteiger partial charge in [-0.1, -0.05) is 19.8 Å². The molecule has 0 radical (unpaired) electrons. The Kier molecular flexibility index (Phi) is 5.70. The van der Waals surface area contributed by atoms with Crippen LogP contribution in [0.4, 0.5) is 0 Å². The molecule has 0 atom stereocenters. The van der Waals surface area contributed by atoms with Gasteiger partial charge in [-0.3, -0.25) is 9.48 Å². The maximum absolute atomic E-state index is 12.2. The Labute approximate surface area is 119 Å². The summed E-state index contributed by atoms with van der Waals surface area (Å²) in [5.41, 5.74) is 0.652. The van der Waals surface area contributed by atoms with Gasteiger partial charge in [-0.15, -0.1) is 0 Å². The maximum atomic E-state index is 12.2. The molecule has 0 spiro atoms. The number of aromatic nitrogens is 2. The monoisotopic (exact) mass is 303 g/mol. The fourth-order valence-corrected chi connectivity index (χ4v) is 3.49. The van der Waals surface area contributed by atoms with E-state index in [1.165, 1.54) is 4.68 Å². The molecule has 2 N–H and O–H groups in total. The Hall–Kier alpha value is -1.41. The molecule has 1 rings (SSSR count). The fraction of sp³-hybridized carbons (Fsp3) is 0.667. The zero-order chi connectivity index (χ0) is 15.3. The second kappa shape index (κ2) is 6.85. The largest absolute Gasteiger partial charge is 0.480 e. The van der Waals surface area contributed by atoms with Crippen molar-refractivity contribution in [3.63, 3.8) is 0 Å². The van der Waals surface area contributed by atoms with Crippen LogP contribution in [-0.4, -0.2) is 35.8 Å². The van der Waals surface area contributed by atoms with Crippen molar-refractivity contribution in [3.8, 4) is 0 Å². The van der Waals surface area contributed by atoms with Crippen LogP contribution in [0.3, 0.4) is 0 Å². The number of hydrogen-bond donors (Lipinski definition) is 2. The van der Waals surface area contributed by atoms with Crippen molar-refractivity contribution < 1.29 is 18.3 Å². The van der Waals surface area contributed by atoms with Gasteiger partial charge < -0.3 is 5.11 Å². The number of sulfonamides is 1. The molecule has 0 amide bonds. The van der Waals surface area contributed by atoms with E-state index in [0.717, 1.165) is 19.3 Å². The van der Waals surface area contributed by atoms with Crippen LogP contribution >= 0.6 is 0 Å². The highest BCUT2D eigenvalue weighted by atomic mass is 32.2. The van der Waals surface area contributed by atoms with E-state index in [1.54, 1.807) is 13.8 Å². The first kappa shape index (κ1) is 16.6. The van der Waals surface area contributed by atoms with Crippen molar-refractivity contribution in [2.24, 2.45) is 0 Å². The Morgan fingerprint density at radius 1 is 1.35 bits per heavy atom. The van der Waals surface area contributed by atoms with E-state index in [0.29, 0.717) is 17.9 Å². The van der Waals surface area contributed by atoms with Gasteiger partial charge in [0, 0.05) is 6.54 Å². The lowest BCUT2D eigenvalue weighted by Gasteiger charge is -2.07. The molecule has 1 aromatic rings. The maximum Gasteiger partial charge on any atom is 0.325 e. The Morgan fingerprint density at radius 3 is 2.55 bits per heavy atom. The average molecular weight is 303 g/mol. The minimum Gasteiger partial charge on any atom is -0.480 e. The summed E-state index contributed by atoms with van der Waals surface area (Å²) in [7, 11) is -3.64. The summed E-state index contributed by atoms with van der Waals surface area (Å²) in [5.74, 6) is -1.06. The van der Waals surface area contributed by atoms with E-state index in [9.17, 15) is 13.2 Å². The van der Waals surface area contributed by atoms with Crippen molar-refractivity contribution in [2.45, 2.75) is 51.5 Å². The summed E-state index contributed by atoms with van der Waals surface area (Å²) in [6.07, 6.45) is 2.74. The van der Waals surface area contributed by atoms with E-state index in [1.807, 2.05) is 6.92 Å². The number of carboxylic acid groups (broad SMARTS) is 1. The number of aryl methyl sites for hydroxylation is 1. The van der Waals surface area contributed by atoms with Gasteiger partial charge in [0.15, 0.2) is 0 Å². The number of aliphatic carboxylic acids is 1. The van der Waals surface area contributed by atoms with Crippen molar-refractivity contribution in [2.75, 3.05) is 6.54 Å². The third kappa shape index (κ3) is 4.04. The molecule has 0 saturated carbocycles. The van der Waals surface area contributed by atoms with Gasteiger partial charge in [-0.05, 0) is 20.3 Å². The molecule has 1 aromatic heterocycles. The quantitative estimate of drug-likeness (QED) is 0.699. The topological polar surface area (TPSA) is 101 Å². The highest BCUT2D eigenvalue weighted by molar-refractivity contribution is 7.89. The van der Waals surface area contributed by atoms with Gasteiger partial charge in [-0.2, -0.15) is 5.10 Å². The average Bonchev–Trinajstić information content (AvgIpc) is 2.60. The standard InChI is InChI=1S/C12H21N3O4S/c1-4-5-6-7-13-20(18,19)12-9(2)14-15(10(12)3)8-11(16)17/h13H,4-8H2,1-3H3,(H,16,17). The smallest absolute Gasteiger partial charge is 0.325 e. The molecule has 0 unspecified atom stereocenters. The summed E-state index contributed by atoms with van der Waals surface area (Å²) >= 11 is 0. The summed E-state index contributed by atoms with van der Waals surface area (Å²) in [6, 6.07) is 0. The van der Waals surface area contributed by atoms with Crippen molar-refractivity contribution >= 4 is 16.0 Å². The summed E-state index contributed by atoms with van der Waals surface area (Å²) in [6.45, 7) is 5.19. The number of nitrogens with zero attached hydrogens (tertiary/aromatic N) is 2. The van der Waals surface area contributed by atoms with Gasteiger partial charge in [0.25, 0.3) is 0 Å². The molecular weight excluding hydrogens is 282 g/mol. The number of unbranched alkanes of at least 4 members (excludes halogenated alkanes) is 2. The molecule has 8 heteroatoms. The molecule has 0 aliphatic heterocycles. The molecule has 0 fully saturated rings. The zero-order valence-corrected chi connectivity index (χ0v) is 12.8. The molecule has 0 saturated heterocycles. The number of carbonyl (C=O) groups is 1. The molecule has 20 heavy (non-hydrogen) atoms. The van der Waals surface area contributed by atoms with Crippen LogP contribution in [0.1, 0.15) is 37.6 Å². The third-order valence-electron chi connectivity index (χ3n) is 2.94. The lowest BCUT2D eigenvalue weighted by Crippen LogP contribution is -2.26. The van der Waals surface area contributed by atoms with Crippen molar-refractivity contribution in [1.82, 2.24) is 14.5 Å². The SMILES string of the molecule is CCCCCNS(=O)(=O)c1c(C)nn(CC(=O)O)c1C. The van der Waals surface area contributed by atoms with E-state index in [2.05, 4.69) is 9.82 Å². The summed E-state index contributed by atoms with van der Waals surface area (Å²) < 4.78 is 28.2. The van der Waals surface area contributed by atoms with Gasteiger partial charge in [0.2, 0.25) is 10.0 Å². The predicted molar refractivity (Wildman–Crippen MR) is 74.1 cm³/mol. The molecule has 7 nitrogen and oxygen atoms in total. The first-order chi connectivity index (χ1) is 9.29. The van der Waals surface area contributed by atoms with Gasteiger partial charge in [-0.25, -0.2) is 13.1 Å². The van der Waals surface area contributed by atoms with E-state index >= 15 is 0 Å². The van der Waals surface area contributed by atoms with Crippen LogP contribution in [0.5, 0.6) is 0 Å². The highest BCUT2D eigenvalue weighted by Gasteiger charge is 2.24. The molecule has 1 heterocycles. The molecule has 0 aliphatic carbocycles. The van der Waals surface area contributed by atoms with Crippen LogP contribution in [0.25, 0.3) is 0 Å². The highest BCUT2D eigenvalue weighted by Crippen LogP contribution is 2.19. The summed E-state index contributed by atoms with van der Waals surface area (Å²) in [4.78, 5) is 10.8. The number of rotatable bonds is 8. The van der Waals surface area contributed by atoms with Crippen LogP contribution < -0.4 is 4.72 Å². The minimum atomic E-state index is -3.64. The van der Waals surface area contributed by atoms with Gasteiger partial charge in [0.1, 0.15) is 11.4 Å². The molecule has 0 aromatic carbocycles. The first-order valence-corrected chi connectivity index (χ1v) is 8.03. The summed E-state index contributed by atoms with van der Waals surface area (Å²) in [5, 5.41) is 12.7. The molecule has 0 aliphatic rings. The van der Waals surface area contributed by atoms with Crippen LogP contribution in [0, 0.1) is 13.8 Å². The normalized spacial score (nSPS) is 11.8. The van der Waals surface area contributed by atoms with Gasteiger partial charge in [0.05, 0.1) is 11.4 Å². The van der Waals surface area contributed by atoms with Crippen LogP contribution in [-0.2, 0) is 21.4 Å². The van der Waals surface area contributed by atoms with Crippen LogP contribution in [0.2, 0.25) is 0 Å². The second-order valence-electron chi connectivity index (χ2n) is 4.66. The second-order valence-corrected chi connectivity index (χ2v) is 6.36. The van der Waals surface area contributed by atoms with Crippen molar-refractivity contribution in [1.29, 1.82) is 0 Å². The molecule has 0 bridgehead atoms. The minimum absolute atomic E-state index is 0.0789. The first-order valence-electron chi connectivity index (χ1n) is 6.55. The fourth-order valence-electron chi connectivity index (χ4n) is 2.01. The molecular formula is C12H21N3O4S. The number of carboxylic acids is 1. The zero-order valence-electron chi connectivity index (χ0n) is 12.0. The number of hydrogen-bond acceptors (Lipinski definition) is 4. The van der Waals surface area contributed by atoms with E-state index < -0.39 is 16.0 Å². The van der Waals surface area contributed by atoms with Crippen molar-refractivity contribution in [3.05, 3.63) is 11.4 Å². The number of nitrogens with one attached hydrogen (secondary N) is 1. The Morgan fingerprint density at radius 2 is 2.00 bits per heavy atom. The molecule has 114 valence electrons. The third-order valence-corrected chi connectivity index (χ3v) is 4.65. The van der Waals surface area contributed by atoms with E-state index in [-0.39, 0.29) is 11.4 Å².